The number of aromatic nitrogens is 2. The van der Waals surface area contributed by atoms with Crippen LogP contribution in [-0.2, 0) is 0 Å². The summed E-state index contributed by atoms with van der Waals surface area (Å²) < 4.78 is 14.0. The third-order valence-corrected chi connectivity index (χ3v) is 3.01. The van der Waals surface area contributed by atoms with E-state index in [1.165, 1.54) is 6.07 Å². The van der Waals surface area contributed by atoms with Gasteiger partial charge in [0.1, 0.15) is 11.6 Å². The zero-order valence-electron chi connectivity index (χ0n) is 11.6. The molecule has 5 nitrogen and oxygen atoms in total. The molecule has 0 radical (unpaired) electrons. The molecule has 1 unspecified atom stereocenters. The van der Waals surface area contributed by atoms with Crippen molar-refractivity contribution in [2.24, 2.45) is 5.92 Å². The van der Waals surface area contributed by atoms with Crippen LogP contribution in [0, 0.1) is 11.7 Å². The second kappa shape index (κ2) is 6.00. The number of nitrogens with zero attached hydrogens (tertiary/aromatic N) is 2. The maximum absolute atomic E-state index is 14.0. The summed E-state index contributed by atoms with van der Waals surface area (Å²) in [6.45, 7) is 4.05. The Labute approximate surface area is 117 Å². The van der Waals surface area contributed by atoms with Crippen molar-refractivity contribution < 1.29 is 9.50 Å². The number of rotatable bonds is 5. The fourth-order valence-corrected chi connectivity index (χ4v) is 2.21. The molecular weight excluding hydrogens is 259 g/mol. The number of nitrogens with one attached hydrogen (secondary N) is 1. The van der Waals surface area contributed by atoms with E-state index in [9.17, 15) is 9.50 Å². The lowest BCUT2D eigenvalue weighted by Gasteiger charge is -2.20. The fraction of sp³-hybridized carbons (Fsp3) is 0.429. The smallest absolute Gasteiger partial charge is 0.222 e. The molecule has 0 saturated carbocycles. The molecule has 1 heterocycles. The van der Waals surface area contributed by atoms with Crippen LogP contribution in [0.15, 0.2) is 18.2 Å². The molecule has 0 fully saturated rings. The van der Waals surface area contributed by atoms with Gasteiger partial charge in [-0.2, -0.15) is 4.98 Å². The van der Waals surface area contributed by atoms with Crippen molar-refractivity contribution in [2.45, 2.75) is 26.3 Å². The van der Waals surface area contributed by atoms with Crippen LogP contribution in [0.2, 0.25) is 0 Å². The normalized spacial score (nSPS) is 12.8. The van der Waals surface area contributed by atoms with E-state index in [2.05, 4.69) is 29.1 Å². The highest BCUT2D eigenvalue weighted by atomic mass is 19.1. The topological polar surface area (TPSA) is 84.1 Å². The number of aliphatic hydroxyl groups is 1. The Morgan fingerprint density at radius 1 is 1.35 bits per heavy atom. The molecule has 20 heavy (non-hydrogen) atoms. The number of hydrogen-bond donors (Lipinski definition) is 3. The molecule has 0 bridgehead atoms. The largest absolute Gasteiger partial charge is 0.394 e. The van der Waals surface area contributed by atoms with Crippen LogP contribution >= 0.6 is 0 Å². The van der Waals surface area contributed by atoms with Crippen LogP contribution in [0.25, 0.3) is 10.9 Å². The Kier molecular flexibility index (Phi) is 4.34. The summed E-state index contributed by atoms with van der Waals surface area (Å²) in [5, 5.41) is 12.8. The number of hydrogen-bond acceptors (Lipinski definition) is 5. The summed E-state index contributed by atoms with van der Waals surface area (Å²) in [6.07, 6.45) is 0.746. The van der Waals surface area contributed by atoms with E-state index in [1.807, 2.05) is 0 Å². The summed E-state index contributed by atoms with van der Waals surface area (Å²) in [5.41, 5.74) is 6.09. The quantitative estimate of drug-likeness (QED) is 0.780. The van der Waals surface area contributed by atoms with Crippen LogP contribution in [-0.4, -0.2) is 27.7 Å². The monoisotopic (exact) mass is 278 g/mol. The van der Waals surface area contributed by atoms with E-state index in [-0.39, 0.29) is 18.6 Å². The Morgan fingerprint density at radius 2 is 2.10 bits per heavy atom. The molecule has 0 aliphatic heterocycles. The molecule has 2 rings (SSSR count). The van der Waals surface area contributed by atoms with Gasteiger partial charge in [0.15, 0.2) is 0 Å². The van der Waals surface area contributed by atoms with Crippen molar-refractivity contribution in [3.63, 3.8) is 0 Å². The highest BCUT2D eigenvalue weighted by Crippen LogP contribution is 2.25. The van der Waals surface area contributed by atoms with Crippen molar-refractivity contribution in [2.75, 3.05) is 17.7 Å². The summed E-state index contributed by atoms with van der Waals surface area (Å²) in [7, 11) is 0. The van der Waals surface area contributed by atoms with Crippen molar-refractivity contribution in [3.05, 3.63) is 24.0 Å². The van der Waals surface area contributed by atoms with Crippen molar-refractivity contribution in [1.29, 1.82) is 0 Å². The van der Waals surface area contributed by atoms with E-state index >= 15 is 0 Å². The molecule has 2 aromatic rings. The number of fused-ring (bicyclic) bond motifs is 1. The average Bonchev–Trinajstić information content (AvgIpc) is 2.36. The second-order valence-corrected chi connectivity index (χ2v) is 5.22. The number of aliphatic hydroxyl groups excluding tert-OH is 1. The maximum atomic E-state index is 14.0. The molecule has 0 spiro atoms. The molecule has 1 atom stereocenters. The number of benzene rings is 1. The summed E-state index contributed by atoms with van der Waals surface area (Å²) in [6, 6.07) is 4.40. The van der Waals surface area contributed by atoms with Gasteiger partial charge >= 0.3 is 0 Å². The third kappa shape index (κ3) is 3.14. The first kappa shape index (κ1) is 14.5. The van der Waals surface area contributed by atoms with Crippen molar-refractivity contribution in [3.8, 4) is 0 Å². The summed E-state index contributed by atoms with van der Waals surface area (Å²) >= 11 is 0. The van der Waals surface area contributed by atoms with E-state index in [0.29, 0.717) is 22.6 Å². The molecule has 6 heteroatoms. The molecule has 0 aliphatic rings. The van der Waals surface area contributed by atoms with Gasteiger partial charge in [0.25, 0.3) is 0 Å². The van der Waals surface area contributed by atoms with Gasteiger partial charge in [0, 0.05) is 0 Å². The van der Waals surface area contributed by atoms with Gasteiger partial charge < -0.3 is 16.2 Å². The van der Waals surface area contributed by atoms with Crippen molar-refractivity contribution >= 4 is 22.7 Å². The predicted octanol–water partition coefficient (Wildman–Crippen LogP) is 2.17. The molecule has 0 amide bonds. The van der Waals surface area contributed by atoms with E-state index in [4.69, 9.17) is 5.73 Å². The SMILES string of the molecule is CC(C)CC(CO)Nc1nc(N)nc2cccc(F)c12. The summed E-state index contributed by atoms with van der Waals surface area (Å²) in [4.78, 5) is 8.08. The van der Waals surface area contributed by atoms with Crippen LogP contribution in [0.1, 0.15) is 20.3 Å². The minimum absolute atomic E-state index is 0.0575. The van der Waals surface area contributed by atoms with Crippen LogP contribution in [0.5, 0.6) is 0 Å². The lowest BCUT2D eigenvalue weighted by molar-refractivity contribution is 0.259. The first-order valence-corrected chi connectivity index (χ1v) is 6.60. The highest BCUT2D eigenvalue weighted by Gasteiger charge is 2.15. The van der Waals surface area contributed by atoms with E-state index in [1.54, 1.807) is 12.1 Å². The minimum Gasteiger partial charge on any atom is -0.394 e. The number of anilines is 2. The summed E-state index contributed by atoms with van der Waals surface area (Å²) in [5.74, 6) is 0.387. The van der Waals surface area contributed by atoms with Gasteiger partial charge in [-0.15, -0.1) is 0 Å². The molecule has 4 N–H and O–H groups in total. The Balaban J connectivity index is 2.42. The van der Waals surface area contributed by atoms with Crippen LogP contribution < -0.4 is 11.1 Å². The van der Waals surface area contributed by atoms with Gasteiger partial charge in [-0.05, 0) is 24.5 Å². The molecule has 1 aromatic heterocycles. The van der Waals surface area contributed by atoms with Gasteiger partial charge in [-0.3, -0.25) is 0 Å². The Bertz CT molecular complexity index is 603. The van der Waals surface area contributed by atoms with Crippen molar-refractivity contribution in [1.82, 2.24) is 9.97 Å². The first-order valence-electron chi connectivity index (χ1n) is 6.60. The maximum Gasteiger partial charge on any atom is 0.222 e. The van der Waals surface area contributed by atoms with Crippen LogP contribution in [0.4, 0.5) is 16.2 Å². The first-order chi connectivity index (χ1) is 9.51. The van der Waals surface area contributed by atoms with Gasteiger partial charge in [0.05, 0.1) is 23.6 Å². The molecule has 1 aromatic carbocycles. The minimum atomic E-state index is -0.411. The Morgan fingerprint density at radius 3 is 2.75 bits per heavy atom. The molecule has 0 saturated heterocycles. The Hall–Kier alpha value is -1.95. The van der Waals surface area contributed by atoms with Gasteiger partial charge in [-0.25, -0.2) is 9.37 Å². The lowest BCUT2D eigenvalue weighted by atomic mass is 10.0. The van der Waals surface area contributed by atoms with E-state index < -0.39 is 5.82 Å². The number of nitrogen functional groups attached to an aromatic ring is 1. The third-order valence-electron chi connectivity index (χ3n) is 3.01. The molecule has 108 valence electrons. The zero-order chi connectivity index (χ0) is 14.7. The van der Waals surface area contributed by atoms with Gasteiger partial charge in [0.2, 0.25) is 5.95 Å². The van der Waals surface area contributed by atoms with Crippen LogP contribution in [0.3, 0.4) is 0 Å². The molecule has 0 aliphatic carbocycles. The fourth-order valence-electron chi connectivity index (χ4n) is 2.21. The van der Waals surface area contributed by atoms with E-state index in [0.717, 1.165) is 6.42 Å². The second-order valence-electron chi connectivity index (χ2n) is 5.22. The predicted molar refractivity (Wildman–Crippen MR) is 77.9 cm³/mol. The molecular formula is C14H19FN4O. The van der Waals surface area contributed by atoms with Gasteiger partial charge in [-0.1, -0.05) is 19.9 Å². The standard InChI is InChI=1S/C14H19FN4O/c1-8(2)6-9(7-20)17-13-12-10(15)4-3-5-11(12)18-14(16)19-13/h3-5,8-9,20H,6-7H2,1-2H3,(H3,16,17,18,19). The zero-order valence-corrected chi connectivity index (χ0v) is 11.6. The average molecular weight is 278 g/mol. The lowest BCUT2D eigenvalue weighted by Crippen LogP contribution is -2.26. The highest BCUT2D eigenvalue weighted by molar-refractivity contribution is 5.90. The number of nitrogens with two attached hydrogens (primary N) is 1. The number of halogens is 1.